The van der Waals surface area contributed by atoms with E-state index in [1.165, 1.54) is 0 Å². The van der Waals surface area contributed by atoms with Crippen LogP contribution in [0.25, 0.3) is 6.08 Å². The highest BCUT2D eigenvalue weighted by molar-refractivity contribution is 9.10. The van der Waals surface area contributed by atoms with Crippen molar-refractivity contribution in [3.05, 3.63) is 106 Å². The number of hydrogen-bond acceptors (Lipinski definition) is 6. The number of rotatable bonds is 10. The molecule has 0 fully saturated rings. The first kappa shape index (κ1) is 25.6. The Morgan fingerprint density at radius 2 is 1.83 bits per heavy atom. The second-order valence-corrected chi connectivity index (χ2v) is 9.25. The second kappa shape index (κ2) is 12.0. The van der Waals surface area contributed by atoms with Crippen LogP contribution in [0.1, 0.15) is 35.6 Å². The van der Waals surface area contributed by atoms with Crippen molar-refractivity contribution in [3.8, 4) is 5.75 Å². The zero-order chi connectivity index (χ0) is 25.4. The third-order valence-corrected chi connectivity index (χ3v) is 6.40. The van der Waals surface area contributed by atoms with Gasteiger partial charge in [0.2, 0.25) is 5.90 Å². The monoisotopic (exact) mass is 549 g/mol. The normalized spacial score (nSPS) is 19.1. The minimum atomic E-state index is -1.31. The van der Waals surface area contributed by atoms with Gasteiger partial charge >= 0.3 is 0 Å². The van der Waals surface area contributed by atoms with E-state index >= 15 is 0 Å². The van der Waals surface area contributed by atoms with Crippen LogP contribution in [-0.2, 0) is 9.53 Å². The van der Waals surface area contributed by atoms with Gasteiger partial charge in [0.25, 0.3) is 5.91 Å². The lowest BCUT2D eigenvalue weighted by Crippen LogP contribution is -2.50. The maximum absolute atomic E-state index is 13.3. The van der Waals surface area contributed by atoms with Crippen molar-refractivity contribution < 1.29 is 19.4 Å². The van der Waals surface area contributed by atoms with Crippen LogP contribution in [0.5, 0.6) is 5.75 Å². The summed E-state index contributed by atoms with van der Waals surface area (Å²) >= 11 is 3.47. The molecule has 0 aliphatic carbocycles. The molecular formula is C28H28BrN3O4. The van der Waals surface area contributed by atoms with Crippen LogP contribution in [0.4, 0.5) is 0 Å². The molecule has 0 saturated carbocycles. The van der Waals surface area contributed by atoms with Crippen molar-refractivity contribution in [2.75, 3.05) is 13.2 Å². The Bertz CT molecular complexity index is 1210. The number of amides is 1. The summed E-state index contributed by atoms with van der Waals surface area (Å²) < 4.78 is 12.9. The predicted molar refractivity (Wildman–Crippen MR) is 143 cm³/mol. The van der Waals surface area contributed by atoms with Crippen LogP contribution in [0, 0.1) is 0 Å². The average Bonchev–Trinajstić information content (AvgIpc) is 3.30. The van der Waals surface area contributed by atoms with Gasteiger partial charge in [0, 0.05) is 29.5 Å². The number of benzene rings is 3. The number of halogens is 1. The maximum atomic E-state index is 13.3. The van der Waals surface area contributed by atoms with E-state index in [1.807, 2.05) is 91.0 Å². The number of carbonyl (C=O) groups excluding carboxylic acids is 1. The zero-order valence-corrected chi connectivity index (χ0v) is 21.2. The number of hydrazine groups is 1. The molecule has 1 aliphatic rings. The van der Waals surface area contributed by atoms with E-state index in [4.69, 9.17) is 25.4 Å². The molecule has 8 heteroatoms. The molecule has 2 atom stereocenters. The smallest absolute Gasteiger partial charge is 0.266 e. The third kappa shape index (κ3) is 5.84. The lowest BCUT2D eigenvalue weighted by Gasteiger charge is -2.29. The van der Waals surface area contributed by atoms with Crippen LogP contribution < -0.4 is 16.0 Å². The largest absolute Gasteiger partial charge is 0.494 e. The average molecular weight is 550 g/mol. The second-order valence-electron chi connectivity index (χ2n) is 8.33. The van der Waals surface area contributed by atoms with Crippen LogP contribution in [0.15, 0.2) is 94.4 Å². The van der Waals surface area contributed by atoms with E-state index in [9.17, 15) is 4.79 Å². The SMILES string of the molecule is NNC(=O)[C@@]1(C/C=C/c2ccccc2)N=C(c2ccc(OCCCO)cc2)O[C@H]1c1ccc(Br)cc1. The first-order chi connectivity index (χ1) is 17.6. The van der Waals surface area contributed by atoms with Crippen molar-refractivity contribution in [2.24, 2.45) is 10.8 Å². The van der Waals surface area contributed by atoms with E-state index in [-0.39, 0.29) is 13.0 Å². The van der Waals surface area contributed by atoms with Crippen molar-refractivity contribution in [1.29, 1.82) is 0 Å². The number of nitrogens with zero attached hydrogens (tertiary/aromatic N) is 1. The fourth-order valence-electron chi connectivity index (χ4n) is 4.02. The molecule has 3 aromatic carbocycles. The molecule has 0 bridgehead atoms. The molecule has 0 saturated heterocycles. The fourth-order valence-corrected chi connectivity index (χ4v) is 4.28. The van der Waals surface area contributed by atoms with Crippen LogP contribution in [0.3, 0.4) is 0 Å². The van der Waals surface area contributed by atoms with E-state index in [0.29, 0.717) is 30.2 Å². The lowest BCUT2D eigenvalue weighted by molar-refractivity contribution is -0.128. The Hall–Kier alpha value is -3.46. The van der Waals surface area contributed by atoms with Gasteiger partial charge in [-0.3, -0.25) is 10.2 Å². The summed E-state index contributed by atoms with van der Waals surface area (Å²) in [5.74, 6) is 6.24. The van der Waals surface area contributed by atoms with Crippen molar-refractivity contribution in [1.82, 2.24) is 5.43 Å². The van der Waals surface area contributed by atoms with Crippen molar-refractivity contribution in [3.63, 3.8) is 0 Å². The van der Waals surface area contributed by atoms with Gasteiger partial charge in [0.1, 0.15) is 5.75 Å². The Kier molecular flexibility index (Phi) is 8.53. The molecule has 0 unspecified atom stereocenters. The number of hydrogen-bond donors (Lipinski definition) is 3. The summed E-state index contributed by atoms with van der Waals surface area (Å²) in [4.78, 5) is 18.1. The van der Waals surface area contributed by atoms with Gasteiger partial charge in [-0.05, 0) is 47.5 Å². The summed E-state index contributed by atoms with van der Waals surface area (Å²) in [5.41, 5.74) is 3.53. The molecule has 7 nitrogen and oxygen atoms in total. The summed E-state index contributed by atoms with van der Waals surface area (Å²) in [6, 6.07) is 24.8. The number of aliphatic hydroxyl groups is 1. The number of nitrogens with one attached hydrogen (secondary N) is 1. The number of aliphatic hydroxyl groups excluding tert-OH is 1. The van der Waals surface area contributed by atoms with Gasteiger partial charge in [0.15, 0.2) is 11.6 Å². The fraction of sp³-hybridized carbons (Fsp3) is 0.214. The molecule has 3 aromatic rings. The molecule has 0 aromatic heterocycles. The topological polar surface area (TPSA) is 106 Å². The number of carbonyl (C=O) groups is 1. The Labute approximate surface area is 218 Å². The van der Waals surface area contributed by atoms with Gasteiger partial charge in [0.05, 0.1) is 6.61 Å². The lowest BCUT2D eigenvalue weighted by atomic mass is 9.84. The molecule has 1 amide bonds. The van der Waals surface area contributed by atoms with Crippen molar-refractivity contribution in [2.45, 2.75) is 24.5 Å². The van der Waals surface area contributed by atoms with Crippen LogP contribution in [-0.4, -0.2) is 35.7 Å². The van der Waals surface area contributed by atoms with Crippen molar-refractivity contribution >= 4 is 33.8 Å². The highest BCUT2D eigenvalue weighted by Gasteiger charge is 2.52. The summed E-state index contributed by atoms with van der Waals surface area (Å²) in [5, 5.41) is 8.95. The summed E-state index contributed by atoms with van der Waals surface area (Å²) in [6.07, 6.45) is 4.02. The molecular weight excluding hydrogens is 522 g/mol. The Morgan fingerprint density at radius 1 is 1.11 bits per heavy atom. The van der Waals surface area contributed by atoms with Crippen LogP contribution in [0.2, 0.25) is 0 Å². The Morgan fingerprint density at radius 3 is 2.50 bits per heavy atom. The van der Waals surface area contributed by atoms with Gasteiger partial charge in [-0.15, -0.1) is 0 Å². The first-order valence-electron chi connectivity index (χ1n) is 11.6. The number of nitrogens with two attached hydrogens (primary N) is 1. The van der Waals surface area contributed by atoms with Gasteiger partial charge in [-0.25, -0.2) is 10.8 Å². The molecule has 1 aliphatic heterocycles. The zero-order valence-electron chi connectivity index (χ0n) is 19.6. The van der Waals surface area contributed by atoms with Gasteiger partial charge in [-0.1, -0.05) is 70.5 Å². The van der Waals surface area contributed by atoms with E-state index in [0.717, 1.165) is 15.6 Å². The molecule has 186 valence electrons. The van der Waals surface area contributed by atoms with Gasteiger partial charge < -0.3 is 14.6 Å². The molecule has 1 heterocycles. The highest BCUT2D eigenvalue weighted by Crippen LogP contribution is 2.43. The Balaban J connectivity index is 1.69. The maximum Gasteiger partial charge on any atom is 0.266 e. The third-order valence-electron chi connectivity index (χ3n) is 5.87. The molecule has 4 N–H and O–H groups in total. The van der Waals surface area contributed by atoms with E-state index in [1.54, 1.807) is 0 Å². The molecule has 0 spiro atoms. The minimum absolute atomic E-state index is 0.0736. The molecule has 4 rings (SSSR count). The summed E-state index contributed by atoms with van der Waals surface area (Å²) in [6.45, 7) is 0.497. The molecule has 0 radical (unpaired) electrons. The number of ether oxygens (including phenoxy) is 2. The first-order valence-corrected chi connectivity index (χ1v) is 12.4. The highest BCUT2D eigenvalue weighted by atomic mass is 79.9. The van der Waals surface area contributed by atoms with E-state index < -0.39 is 17.6 Å². The molecule has 36 heavy (non-hydrogen) atoms. The predicted octanol–water partition coefficient (Wildman–Crippen LogP) is 4.56. The minimum Gasteiger partial charge on any atom is -0.494 e. The van der Waals surface area contributed by atoms with E-state index in [2.05, 4.69) is 21.4 Å². The number of aliphatic imine (C=N–C) groups is 1. The summed E-state index contributed by atoms with van der Waals surface area (Å²) in [7, 11) is 0. The standard InChI is InChI=1S/C28H28BrN3O4/c29-23-13-9-21(10-14-23)25-28(27(34)32-30,17-4-8-20-6-2-1-3-7-20)31-26(36-25)22-11-15-24(16-12-22)35-19-5-18-33/h1-4,6-16,25,33H,5,17-19,30H2,(H,32,34)/b8-4+/t25-,28-/m0/s1. The van der Waals surface area contributed by atoms with Crippen LogP contribution >= 0.6 is 15.9 Å². The van der Waals surface area contributed by atoms with Gasteiger partial charge in [-0.2, -0.15) is 0 Å². The quantitative estimate of drug-likeness (QED) is 0.149.